The number of rotatable bonds is 6. The van der Waals surface area contributed by atoms with Crippen molar-refractivity contribution in [2.75, 3.05) is 26.0 Å². The van der Waals surface area contributed by atoms with Gasteiger partial charge in [0.2, 0.25) is 0 Å². The highest BCUT2D eigenvalue weighted by Gasteiger charge is 2.11. The molecular weight excluding hydrogens is 340 g/mol. The first-order valence-corrected chi connectivity index (χ1v) is 9.48. The van der Waals surface area contributed by atoms with Gasteiger partial charge in [0.25, 0.3) is 0 Å². The molecule has 0 aliphatic rings. The van der Waals surface area contributed by atoms with Gasteiger partial charge in [0.05, 0.1) is 0 Å². The third-order valence-electron chi connectivity index (χ3n) is 4.53. The van der Waals surface area contributed by atoms with Crippen LogP contribution in [0.15, 0.2) is 103 Å². The average Bonchev–Trinajstić information content (AvgIpc) is 2.75. The molecule has 28 heavy (non-hydrogen) atoms. The Kier molecular flexibility index (Phi) is 6.59. The largest absolute Gasteiger partial charge is 0.344 e. The molecule has 0 atom stereocenters. The van der Waals surface area contributed by atoms with E-state index >= 15 is 0 Å². The summed E-state index contributed by atoms with van der Waals surface area (Å²) in [4.78, 5) is 2.24. The van der Waals surface area contributed by atoms with Crippen LogP contribution in [0.3, 0.4) is 0 Å². The van der Waals surface area contributed by atoms with E-state index < -0.39 is 0 Å². The predicted octanol–water partition coefficient (Wildman–Crippen LogP) is 5.59. The third kappa shape index (κ3) is 5.08. The molecule has 0 heterocycles. The van der Waals surface area contributed by atoms with Crippen molar-refractivity contribution >= 4 is 23.2 Å². The molecule has 2 nitrogen and oxygen atoms in total. The Bertz CT molecular complexity index is 965. The number of allylic oxidation sites excluding steroid dienone is 3. The maximum absolute atomic E-state index is 2.26. The van der Waals surface area contributed by atoms with Crippen molar-refractivity contribution in [3.63, 3.8) is 0 Å². The lowest BCUT2D eigenvalue weighted by Crippen LogP contribution is -2.15. The van der Waals surface area contributed by atoms with Crippen molar-refractivity contribution < 1.29 is 4.58 Å². The molecule has 0 bridgehead atoms. The fourth-order valence-corrected chi connectivity index (χ4v) is 3.01. The van der Waals surface area contributed by atoms with Gasteiger partial charge in [-0.1, -0.05) is 78.9 Å². The van der Waals surface area contributed by atoms with E-state index in [-0.39, 0.29) is 0 Å². The fraction of sp³-hybridized carbons (Fsp3) is 0.115. The van der Waals surface area contributed by atoms with Gasteiger partial charge in [-0.3, -0.25) is 0 Å². The normalized spacial score (nSPS) is 11.8. The molecule has 0 aromatic heterocycles. The number of benzene rings is 3. The standard InChI is InChI=1S/C26H27N2/c1-27(2)20-19-24(22-13-7-4-8-14-22)21-26(23-15-9-5-10-16-23)28(3)25-17-11-6-12-18-25/h4-21H,1-3H3/q+1. The number of para-hydroxylation sites is 1. The monoisotopic (exact) mass is 367 g/mol. The van der Waals surface area contributed by atoms with E-state index in [1.165, 1.54) is 11.1 Å². The van der Waals surface area contributed by atoms with Crippen molar-refractivity contribution in [3.05, 3.63) is 114 Å². The van der Waals surface area contributed by atoms with Crippen LogP contribution in [-0.2, 0) is 0 Å². The van der Waals surface area contributed by atoms with Crippen LogP contribution in [0, 0.1) is 0 Å². The molecule has 0 saturated carbocycles. The number of anilines is 1. The number of hydrogen-bond acceptors (Lipinski definition) is 1. The van der Waals surface area contributed by atoms with Gasteiger partial charge in [-0.2, -0.15) is 0 Å². The van der Waals surface area contributed by atoms with E-state index in [1.807, 2.05) is 20.2 Å². The highest BCUT2D eigenvalue weighted by Crippen LogP contribution is 2.28. The van der Waals surface area contributed by atoms with Crippen LogP contribution in [0.2, 0.25) is 0 Å². The predicted molar refractivity (Wildman–Crippen MR) is 122 cm³/mol. The molecule has 0 fully saturated rings. The van der Waals surface area contributed by atoms with Crippen LogP contribution in [0.1, 0.15) is 11.1 Å². The molecular formula is C26H27N2+. The number of nitrogens with zero attached hydrogens (tertiary/aromatic N) is 2. The molecule has 3 aromatic carbocycles. The summed E-state index contributed by atoms with van der Waals surface area (Å²) in [7, 11) is 6.19. The second-order valence-corrected chi connectivity index (χ2v) is 6.89. The van der Waals surface area contributed by atoms with Crippen LogP contribution >= 0.6 is 0 Å². The van der Waals surface area contributed by atoms with Crippen molar-refractivity contribution in [1.82, 2.24) is 0 Å². The summed E-state index contributed by atoms with van der Waals surface area (Å²) >= 11 is 0. The maximum Gasteiger partial charge on any atom is 0.163 e. The van der Waals surface area contributed by atoms with E-state index in [4.69, 9.17) is 0 Å². The Morgan fingerprint density at radius 2 is 1.21 bits per heavy atom. The average molecular weight is 368 g/mol. The maximum atomic E-state index is 2.26. The van der Waals surface area contributed by atoms with Gasteiger partial charge in [0.1, 0.15) is 14.1 Å². The molecule has 0 amide bonds. The molecule has 0 radical (unpaired) electrons. The Hall–Kier alpha value is -3.39. The van der Waals surface area contributed by atoms with E-state index in [0.717, 1.165) is 17.0 Å². The SMILES string of the molecule is CN(/C(=C/C(=C/C=[N+](C)C)c1ccccc1)c1ccccc1)c1ccccc1. The van der Waals surface area contributed by atoms with Gasteiger partial charge in [0.15, 0.2) is 6.21 Å². The van der Waals surface area contributed by atoms with Crippen LogP contribution < -0.4 is 4.90 Å². The summed E-state index contributed by atoms with van der Waals surface area (Å²) in [5, 5.41) is 0. The summed E-state index contributed by atoms with van der Waals surface area (Å²) in [6.07, 6.45) is 6.51. The molecule has 0 spiro atoms. The molecule has 0 aliphatic heterocycles. The Labute approximate surface area is 168 Å². The molecule has 2 heteroatoms. The van der Waals surface area contributed by atoms with Crippen LogP contribution in [0.25, 0.3) is 11.3 Å². The summed E-state index contributed by atoms with van der Waals surface area (Å²) < 4.78 is 2.06. The topological polar surface area (TPSA) is 6.25 Å². The first-order chi connectivity index (χ1) is 13.6. The summed E-state index contributed by atoms with van der Waals surface area (Å²) in [5.41, 5.74) is 5.84. The van der Waals surface area contributed by atoms with Crippen LogP contribution in [-0.4, -0.2) is 31.9 Å². The van der Waals surface area contributed by atoms with Gasteiger partial charge in [-0.15, -0.1) is 0 Å². The minimum atomic E-state index is 1.15. The molecule has 3 rings (SSSR count). The molecule has 0 aliphatic carbocycles. The molecule has 0 N–H and O–H groups in total. The fourth-order valence-electron chi connectivity index (χ4n) is 3.01. The highest BCUT2D eigenvalue weighted by atomic mass is 15.1. The zero-order valence-electron chi connectivity index (χ0n) is 16.8. The lowest BCUT2D eigenvalue weighted by molar-refractivity contribution is -0.458. The van der Waals surface area contributed by atoms with Gasteiger partial charge in [0, 0.05) is 24.5 Å². The van der Waals surface area contributed by atoms with Crippen molar-refractivity contribution in [3.8, 4) is 0 Å². The van der Waals surface area contributed by atoms with E-state index in [9.17, 15) is 0 Å². The van der Waals surface area contributed by atoms with Gasteiger partial charge < -0.3 is 4.90 Å². The molecule has 140 valence electrons. The summed E-state index contributed by atoms with van der Waals surface area (Å²) in [6, 6.07) is 31.5. The van der Waals surface area contributed by atoms with Crippen molar-refractivity contribution in [2.24, 2.45) is 0 Å². The Balaban J connectivity index is 2.15. The van der Waals surface area contributed by atoms with Crippen molar-refractivity contribution in [1.29, 1.82) is 0 Å². The smallest absolute Gasteiger partial charge is 0.163 e. The lowest BCUT2D eigenvalue weighted by atomic mass is 10.0. The summed E-state index contributed by atoms with van der Waals surface area (Å²) in [6.45, 7) is 0. The van der Waals surface area contributed by atoms with E-state index in [1.54, 1.807) is 0 Å². The Morgan fingerprint density at radius 1 is 0.714 bits per heavy atom. The molecule has 0 saturated heterocycles. The van der Waals surface area contributed by atoms with Gasteiger partial charge in [-0.05, 0) is 34.9 Å². The first kappa shape index (κ1) is 19.4. The number of hydrogen-bond donors (Lipinski definition) is 0. The second kappa shape index (κ2) is 9.52. The zero-order chi connectivity index (χ0) is 19.8. The molecule has 0 unspecified atom stereocenters. The van der Waals surface area contributed by atoms with Crippen molar-refractivity contribution in [2.45, 2.75) is 0 Å². The second-order valence-electron chi connectivity index (χ2n) is 6.89. The van der Waals surface area contributed by atoms with Crippen LogP contribution in [0.4, 0.5) is 5.69 Å². The lowest BCUT2D eigenvalue weighted by Gasteiger charge is -2.24. The third-order valence-corrected chi connectivity index (χ3v) is 4.53. The van der Waals surface area contributed by atoms with E-state index in [2.05, 4.69) is 120 Å². The highest BCUT2D eigenvalue weighted by molar-refractivity contribution is 5.94. The van der Waals surface area contributed by atoms with E-state index in [0.29, 0.717) is 0 Å². The van der Waals surface area contributed by atoms with Gasteiger partial charge >= 0.3 is 0 Å². The first-order valence-electron chi connectivity index (χ1n) is 9.48. The quantitative estimate of drug-likeness (QED) is 0.313. The zero-order valence-corrected chi connectivity index (χ0v) is 16.8. The minimum absolute atomic E-state index is 1.15. The minimum Gasteiger partial charge on any atom is -0.344 e. The Morgan fingerprint density at radius 3 is 1.75 bits per heavy atom. The summed E-state index contributed by atoms with van der Waals surface area (Å²) in [5.74, 6) is 0. The van der Waals surface area contributed by atoms with Crippen LogP contribution in [0.5, 0.6) is 0 Å². The molecule has 3 aromatic rings. The van der Waals surface area contributed by atoms with Gasteiger partial charge in [-0.25, -0.2) is 4.58 Å².